The molecule has 0 spiro atoms. The maximum absolute atomic E-state index is 4.62. The first-order chi connectivity index (χ1) is 6.42. The Labute approximate surface area is 86.1 Å². The summed E-state index contributed by atoms with van der Waals surface area (Å²) in [6.07, 6.45) is 3.83. The van der Waals surface area contributed by atoms with Crippen LogP contribution in [-0.2, 0) is 12.2 Å². The summed E-state index contributed by atoms with van der Waals surface area (Å²) in [7, 11) is 0. The zero-order valence-corrected chi connectivity index (χ0v) is 9.01. The molecule has 70 valence electrons. The fourth-order valence-electron chi connectivity index (χ4n) is 1.49. The molecule has 2 aliphatic rings. The van der Waals surface area contributed by atoms with Gasteiger partial charge in [0.2, 0.25) is 0 Å². The Kier molecular flexibility index (Phi) is 1.98. The fourth-order valence-corrected chi connectivity index (χ4v) is 3.69. The highest BCUT2D eigenvalue weighted by Gasteiger charge is 2.23. The predicted molar refractivity (Wildman–Crippen MR) is 58.6 cm³/mol. The van der Waals surface area contributed by atoms with Crippen LogP contribution in [0.4, 0.5) is 5.13 Å². The normalized spacial score (nSPS) is 21.2. The van der Waals surface area contributed by atoms with E-state index in [0.29, 0.717) is 0 Å². The molecule has 3 rings (SSSR count). The summed E-state index contributed by atoms with van der Waals surface area (Å²) in [5.74, 6) is 2.43. The molecule has 13 heavy (non-hydrogen) atoms. The van der Waals surface area contributed by atoms with Crippen LogP contribution in [0.15, 0.2) is 0 Å². The summed E-state index contributed by atoms with van der Waals surface area (Å²) in [4.78, 5) is 6.12. The van der Waals surface area contributed by atoms with Crippen LogP contribution in [0.3, 0.4) is 0 Å². The Bertz CT molecular complexity index is 294. The first kappa shape index (κ1) is 8.12. The zero-order valence-electron chi connectivity index (χ0n) is 7.38. The first-order valence-electron chi connectivity index (χ1n) is 4.75. The highest BCUT2D eigenvalue weighted by molar-refractivity contribution is 7.98. The molecule has 0 radical (unpaired) electrons. The third-order valence-electron chi connectivity index (χ3n) is 2.40. The molecule has 2 heterocycles. The maximum atomic E-state index is 4.62. The minimum Gasteiger partial charge on any atom is -0.359 e. The average molecular weight is 212 g/mol. The van der Waals surface area contributed by atoms with Crippen molar-refractivity contribution in [1.29, 1.82) is 0 Å². The van der Waals surface area contributed by atoms with Crippen LogP contribution in [-0.4, -0.2) is 16.8 Å². The highest BCUT2D eigenvalue weighted by atomic mass is 32.2. The molecule has 0 saturated heterocycles. The smallest absolute Gasteiger partial charge is 0.183 e. The van der Waals surface area contributed by atoms with E-state index in [2.05, 4.69) is 10.3 Å². The number of aromatic nitrogens is 1. The molecule has 0 amide bonds. The minimum absolute atomic E-state index is 0.736. The van der Waals surface area contributed by atoms with Gasteiger partial charge in [0.25, 0.3) is 0 Å². The van der Waals surface area contributed by atoms with Gasteiger partial charge >= 0.3 is 0 Å². The number of nitrogens with one attached hydrogen (secondary N) is 1. The second-order valence-corrected chi connectivity index (χ2v) is 5.80. The van der Waals surface area contributed by atoms with Crippen LogP contribution in [0.25, 0.3) is 0 Å². The van der Waals surface area contributed by atoms with Crippen molar-refractivity contribution in [3.8, 4) is 0 Å². The number of hydrogen-bond donors (Lipinski definition) is 1. The van der Waals surface area contributed by atoms with E-state index in [9.17, 15) is 0 Å². The van der Waals surface area contributed by atoms with E-state index in [0.717, 1.165) is 11.2 Å². The first-order valence-corrected chi connectivity index (χ1v) is 6.72. The Balaban J connectivity index is 1.81. The molecule has 4 heteroatoms. The van der Waals surface area contributed by atoms with E-state index in [-0.39, 0.29) is 0 Å². The van der Waals surface area contributed by atoms with Gasteiger partial charge in [-0.05, 0) is 25.0 Å². The number of nitrogens with zero attached hydrogens (tertiary/aromatic N) is 1. The zero-order chi connectivity index (χ0) is 8.67. The maximum Gasteiger partial charge on any atom is 0.183 e. The summed E-state index contributed by atoms with van der Waals surface area (Å²) in [5.41, 5.74) is 1.35. The number of anilines is 1. The van der Waals surface area contributed by atoms with E-state index in [1.54, 1.807) is 0 Å². The van der Waals surface area contributed by atoms with Gasteiger partial charge in [-0.2, -0.15) is 11.8 Å². The van der Waals surface area contributed by atoms with Crippen LogP contribution >= 0.6 is 23.1 Å². The number of thiazole rings is 1. The van der Waals surface area contributed by atoms with Crippen molar-refractivity contribution in [2.24, 2.45) is 0 Å². The van der Waals surface area contributed by atoms with Gasteiger partial charge in [-0.25, -0.2) is 4.98 Å². The molecule has 1 aromatic rings. The van der Waals surface area contributed by atoms with E-state index in [4.69, 9.17) is 0 Å². The lowest BCUT2D eigenvalue weighted by Gasteiger charge is -2.06. The predicted octanol–water partition coefficient (Wildman–Crippen LogP) is 2.51. The topological polar surface area (TPSA) is 24.9 Å². The number of rotatable bonds is 2. The van der Waals surface area contributed by atoms with Crippen molar-refractivity contribution in [2.75, 3.05) is 11.1 Å². The molecule has 0 aromatic carbocycles. The van der Waals surface area contributed by atoms with Crippen molar-refractivity contribution in [2.45, 2.75) is 31.1 Å². The van der Waals surface area contributed by atoms with E-state index in [1.807, 2.05) is 23.1 Å². The lowest BCUT2D eigenvalue weighted by Crippen LogP contribution is -2.01. The van der Waals surface area contributed by atoms with Crippen molar-refractivity contribution in [3.05, 3.63) is 10.6 Å². The molecular formula is C9H12N2S2. The average Bonchev–Trinajstić information content (AvgIpc) is 2.85. The van der Waals surface area contributed by atoms with Gasteiger partial charge in [0, 0.05) is 16.7 Å². The molecule has 0 unspecified atom stereocenters. The largest absolute Gasteiger partial charge is 0.359 e. The third-order valence-corrected chi connectivity index (χ3v) is 4.60. The van der Waals surface area contributed by atoms with Gasteiger partial charge < -0.3 is 5.32 Å². The molecule has 0 atom stereocenters. The van der Waals surface area contributed by atoms with Gasteiger partial charge in [-0.3, -0.25) is 0 Å². The van der Waals surface area contributed by atoms with Crippen LogP contribution < -0.4 is 5.32 Å². The Morgan fingerprint density at radius 2 is 2.31 bits per heavy atom. The van der Waals surface area contributed by atoms with E-state index in [1.165, 1.54) is 41.3 Å². The van der Waals surface area contributed by atoms with Gasteiger partial charge in [0.1, 0.15) is 0 Å². The summed E-state index contributed by atoms with van der Waals surface area (Å²) >= 11 is 3.89. The summed E-state index contributed by atoms with van der Waals surface area (Å²) in [6, 6.07) is 0.736. The molecule has 1 aromatic heterocycles. The molecule has 1 N–H and O–H groups in total. The molecule has 1 fully saturated rings. The summed E-state index contributed by atoms with van der Waals surface area (Å²) < 4.78 is 0. The molecule has 1 aliphatic carbocycles. The van der Waals surface area contributed by atoms with Crippen molar-refractivity contribution in [1.82, 2.24) is 4.98 Å². The lowest BCUT2D eigenvalue weighted by molar-refractivity contribution is 1.02. The number of fused-ring (bicyclic) bond motifs is 1. The van der Waals surface area contributed by atoms with Crippen LogP contribution in [0.1, 0.15) is 23.4 Å². The van der Waals surface area contributed by atoms with Gasteiger partial charge in [0.05, 0.1) is 5.69 Å². The monoisotopic (exact) mass is 212 g/mol. The quantitative estimate of drug-likeness (QED) is 0.815. The molecule has 2 nitrogen and oxygen atoms in total. The third kappa shape index (κ3) is 1.70. The van der Waals surface area contributed by atoms with E-state index >= 15 is 0 Å². The SMILES string of the molecule is C1Cc2nc(NC3CC3)sc2CS1. The van der Waals surface area contributed by atoms with Crippen molar-refractivity contribution < 1.29 is 0 Å². The number of thioether (sulfide) groups is 1. The Hall–Kier alpha value is -0.220. The summed E-state index contributed by atoms with van der Waals surface area (Å²) in [6.45, 7) is 0. The summed E-state index contributed by atoms with van der Waals surface area (Å²) in [5, 5.41) is 4.63. The minimum atomic E-state index is 0.736. The van der Waals surface area contributed by atoms with Gasteiger partial charge in [0.15, 0.2) is 5.13 Å². The fraction of sp³-hybridized carbons (Fsp3) is 0.667. The lowest BCUT2D eigenvalue weighted by atomic mass is 10.3. The van der Waals surface area contributed by atoms with Crippen molar-refractivity contribution in [3.63, 3.8) is 0 Å². The van der Waals surface area contributed by atoms with Crippen LogP contribution in [0, 0.1) is 0 Å². The standard InChI is InChI=1S/C9H12N2S2/c1-2-6(1)10-9-11-7-3-4-12-5-8(7)13-9/h6H,1-5H2,(H,10,11). The highest BCUT2D eigenvalue weighted by Crippen LogP contribution is 2.34. The van der Waals surface area contributed by atoms with Gasteiger partial charge in [-0.15, -0.1) is 11.3 Å². The Morgan fingerprint density at radius 3 is 3.08 bits per heavy atom. The second-order valence-electron chi connectivity index (χ2n) is 3.61. The Morgan fingerprint density at radius 1 is 1.38 bits per heavy atom. The van der Waals surface area contributed by atoms with Gasteiger partial charge in [-0.1, -0.05) is 0 Å². The second kappa shape index (κ2) is 3.17. The van der Waals surface area contributed by atoms with Crippen molar-refractivity contribution >= 4 is 28.2 Å². The molecule has 1 aliphatic heterocycles. The number of aryl methyl sites for hydroxylation is 1. The number of hydrogen-bond acceptors (Lipinski definition) is 4. The molecule has 0 bridgehead atoms. The van der Waals surface area contributed by atoms with E-state index < -0.39 is 0 Å². The molecular weight excluding hydrogens is 200 g/mol. The van der Waals surface area contributed by atoms with Crippen LogP contribution in [0.2, 0.25) is 0 Å². The molecule has 1 saturated carbocycles. The van der Waals surface area contributed by atoms with Crippen LogP contribution in [0.5, 0.6) is 0 Å².